The van der Waals surface area contributed by atoms with Gasteiger partial charge in [0, 0.05) is 30.3 Å². The molecule has 1 N–H and O–H groups in total. The Kier molecular flexibility index (Phi) is 8.69. The van der Waals surface area contributed by atoms with Crippen LogP contribution in [-0.2, 0) is 32.9 Å². The molecule has 0 radical (unpaired) electrons. The molecule has 2 aromatic carbocycles. The third-order valence-electron chi connectivity index (χ3n) is 9.84. The fourth-order valence-electron chi connectivity index (χ4n) is 7.19. The number of aryl methyl sites for hydroxylation is 1. The van der Waals surface area contributed by atoms with Crippen molar-refractivity contribution in [3.63, 3.8) is 0 Å². The lowest BCUT2D eigenvalue weighted by atomic mass is 9.91. The Balaban J connectivity index is 1.14. The van der Waals surface area contributed by atoms with Crippen molar-refractivity contribution in [3.8, 4) is 0 Å². The first-order valence-electron chi connectivity index (χ1n) is 15.9. The number of allylic oxidation sites excluding steroid dienone is 4. The summed E-state index contributed by atoms with van der Waals surface area (Å²) >= 11 is 0. The fourth-order valence-corrected chi connectivity index (χ4v) is 7.19. The Hall–Kier alpha value is -4.15. The maximum absolute atomic E-state index is 13.7. The smallest absolute Gasteiger partial charge is 0.418 e. The van der Waals surface area contributed by atoms with Crippen molar-refractivity contribution in [1.82, 2.24) is 9.80 Å². The molecule has 1 saturated heterocycles. The van der Waals surface area contributed by atoms with Gasteiger partial charge in [-0.1, -0.05) is 48.4 Å². The van der Waals surface area contributed by atoms with Crippen LogP contribution in [0.1, 0.15) is 68.6 Å². The minimum atomic E-state index is -4.77. The summed E-state index contributed by atoms with van der Waals surface area (Å²) < 4.78 is 60.3. The number of fused-ring (bicyclic) bond motifs is 2. The highest BCUT2D eigenvalue weighted by atomic mass is 19.4. The second-order valence-electron chi connectivity index (χ2n) is 12.7. The summed E-state index contributed by atoms with van der Waals surface area (Å²) in [6, 6.07) is 8.42. The quantitative estimate of drug-likeness (QED) is 0.245. The van der Waals surface area contributed by atoms with E-state index in [1.54, 1.807) is 6.07 Å². The van der Waals surface area contributed by atoms with E-state index >= 15 is 0 Å². The summed E-state index contributed by atoms with van der Waals surface area (Å²) in [5, 5.41) is 3.65. The van der Waals surface area contributed by atoms with E-state index < -0.39 is 54.6 Å². The van der Waals surface area contributed by atoms with E-state index in [0.717, 1.165) is 62.4 Å². The summed E-state index contributed by atoms with van der Waals surface area (Å²) in [5.74, 6) is -1.81. The van der Waals surface area contributed by atoms with Gasteiger partial charge in [0.05, 0.1) is 0 Å². The number of hydrogen-bond donors (Lipinski definition) is 1. The van der Waals surface area contributed by atoms with Crippen LogP contribution in [0, 0.1) is 11.7 Å². The van der Waals surface area contributed by atoms with Crippen LogP contribution in [0.25, 0.3) is 0 Å². The molecule has 1 saturated carbocycles. The average molecular weight is 640 g/mol. The molecule has 2 unspecified atom stereocenters. The Morgan fingerprint density at radius 2 is 1.89 bits per heavy atom. The van der Waals surface area contributed by atoms with Crippen LogP contribution in [0.5, 0.6) is 0 Å². The second kappa shape index (κ2) is 12.6. The van der Waals surface area contributed by atoms with Gasteiger partial charge in [-0.15, -0.1) is 0 Å². The molecule has 0 aromatic heterocycles. The largest absolute Gasteiger partial charge is 0.427 e. The molecule has 0 bridgehead atoms. The van der Waals surface area contributed by atoms with Crippen LogP contribution < -0.4 is 5.32 Å². The van der Waals surface area contributed by atoms with Crippen molar-refractivity contribution in [1.29, 1.82) is 0 Å². The number of carbonyl (C=O) groups excluding carboxylic acids is 3. The molecule has 1 spiro atoms. The molecule has 244 valence electrons. The Morgan fingerprint density at radius 3 is 2.61 bits per heavy atom. The second-order valence-corrected chi connectivity index (χ2v) is 12.7. The molecule has 6 rings (SSSR count). The molecule has 7 nitrogen and oxygen atoms in total. The van der Waals surface area contributed by atoms with Crippen molar-refractivity contribution < 1.29 is 36.7 Å². The van der Waals surface area contributed by atoms with Crippen LogP contribution in [0.2, 0.25) is 0 Å². The lowest BCUT2D eigenvalue weighted by molar-refractivity contribution is -0.187. The van der Waals surface area contributed by atoms with Gasteiger partial charge in [0.1, 0.15) is 18.4 Å². The van der Waals surface area contributed by atoms with Gasteiger partial charge in [0.2, 0.25) is 11.5 Å². The van der Waals surface area contributed by atoms with Crippen molar-refractivity contribution in [2.24, 2.45) is 5.92 Å². The SMILES string of the molecule is C[C@H](N(Cc1ccc(F)cc1)C(=O)CN1C(=O)O[C@@]2(CCc3cc(NC4CCCC(C5=CC=CC5)CC4)ccc32)C1=O)C(F)(F)F. The topological polar surface area (TPSA) is 79.0 Å². The number of rotatable bonds is 8. The zero-order chi connectivity index (χ0) is 32.6. The molecule has 4 aliphatic rings. The normalized spacial score (nSPS) is 24.9. The van der Waals surface area contributed by atoms with Crippen molar-refractivity contribution >= 4 is 23.6 Å². The zero-order valence-corrected chi connectivity index (χ0v) is 25.6. The number of carbonyl (C=O) groups is 3. The summed E-state index contributed by atoms with van der Waals surface area (Å²) in [4.78, 5) is 41.1. The van der Waals surface area contributed by atoms with E-state index in [9.17, 15) is 31.9 Å². The molecule has 46 heavy (non-hydrogen) atoms. The predicted molar refractivity (Wildman–Crippen MR) is 163 cm³/mol. The minimum absolute atomic E-state index is 0.174. The van der Waals surface area contributed by atoms with Gasteiger partial charge < -0.3 is 15.0 Å². The summed E-state index contributed by atoms with van der Waals surface area (Å²) in [5.41, 5.74) is 2.45. The standard InChI is InChI=1S/C35H37F4N3O4/c1-22(35(37,38)39)41(20-23-9-12-27(36)13-10-23)31(43)21-42-32(44)34(46-33(42)45)18-17-26-19-29(15-16-30(26)34)40-28-8-4-7-25(11-14-28)24-5-2-3-6-24/h2-3,5,9-10,12-13,15-16,19,22,25,28,40H,4,6-8,11,14,17-18,20-21H2,1H3/t22-,25?,28?,34+/m0/s1. The van der Waals surface area contributed by atoms with Gasteiger partial charge in [0.15, 0.2) is 0 Å². The number of nitrogens with zero attached hydrogens (tertiary/aromatic N) is 2. The third kappa shape index (κ3) is 6.28. The number of hydrogen-bond acceptors (Lipinski definition) is 5. The predicted octanol–water partition coefficient (Wildman–Crippen LogP) is 7.17. The van der Waals surface area contributed by atoms with Crippen LogP contribution >= 0.6 is 0 Å². The van der Waals surface area contributed by atoms with Crippen LogP contribution in [0.4, 0.5) is 28.0 Å². The maximum Gasteiger partial charge on any atom is 0.418 e. The number of anilines is 1. The number of halogens is 4. The molecule has 2 aromatic rings. The van der Waals surface area contributed by atoms with Gasteiger partial charge in [-0.25, -0.2) is 14.1 Å². The maximum atomic E-state index is 13.7. The van der Waals surface area contributed by atoms with Gasteiger partial charge in [-0.05, 0) is 86.8 Å². The number of benzene rings is 2. The number of nitrogens with one attached hydrogen (secondary N) is 1. The average Bonchev–Trinajstić information content (AvgIpc) is 3.68. The third-order valence-corrected chi connectivity index (χ3v) is 9.84. The molecule has 3 aliphatic carbocycles. The molecule has 2 fully saturated rings. The molecule has 11 heteroatoms. The monoisotopic (exact) mass is 639 g/mol. The van der Waals surface area contributed by atoms with Crippen molar-refractivity contribution in [2.45, 2.75) is 88.7 Å². The van der Waals surface area contributed by atoms with Gasteiger partial charge >= 0.3 is 12.3 Å². The lowest BCUT2D eigenvalue weighted by Gasteiger charge is -2.31. The zero-order valence-electron chi connectivity index (χ0n) is 25.6. The highest BCUT2D eigenvalue weighted by Gasteiger charge is 2.58. The summed E-state index contributed by atoms with van der Waals surface area (Å²) in [7, 11) is 0. The van der Waals surface area contributed by atoms with E-state index in [2.05, 4.69) is 23.5 Å². The Labute approximate surface area is 265 Å². The summed E-state index contributed by atoms with van der Waals surface area (Å²) in [6.45, 7) is -0.576. The lowest BCUT2D eigenvalue weighted by Crippen LogP contribution is -2.51. The van der Waals surface area contributed by atoms with Crippen molar-refractivity contribution in [3.05, 3.63) is 88.8 Å². The van der Waals surface area contributed by atoms with Gasteiger partial charge in [0.25, 0.3) is 5.91 Å². The number of alkyl halides is 3. The van der Waals surface area contributed by atoms with Gasteiger partial charge in [-0.3, -0.25) is 9.59 Å². The first-order chi connectivity index (χ1) is 21.9. The van der Waals surface area contributed by atoms with E-state index in [-0.39, 0.29) is 12.0 Å². The highest BCUT2D eigenvalue weighted by Crippen LogP contribution is 2.46. The fraction of sp³-hybridized carbons (Fsp3) is 0.457. The van der Waals surface area contributed by atoms with E-state index in [4.69, 9.17) is 4.74 Å². The van der Waals surface area contributed by atoms with Crippen LogP contribution in [-0.4, -0.2) is 52.5 Å². The first-order valence-corrected chi connectivity index (χ1v) is 15.9. The molecule has 1 aliphatic heterocycles. The first kappa shape index (κ1) is 31.8. The van der Waals surface area contributed by atoms with Crippen molar-refractivity contribution in [2.75, 3.05) is 11.9 Å². The van der Waals surface area contributed by atoms with E-state index in [0.29, 0.717) is 33.7 Å². The molecular weight excluding hydrogens is 602 g/mol. The Morgan fingerprint density at radius 1 is 1.11 bits per heavy atom. The van der Waals surface area contributed by atoms with E-state index in [1.807, 2.05) is 12.1 Å². The Bertz CT molecular complexity index is 1570. The minimum Gasteiger partial charge on any atom is -0.427 e. The van der Waals surface area contributed by atoms with Crippen LogP contribution in [0.15, 0.2) is 66.3 Å². The number of ether oxygens (including phenoxy) is 1. The molecule has 4 atom stereocenters. The molecular formula is C35H37F4N3O4. The summed E-state index contributed by atoms with van der Waals surface area (Å²) in [6.07, 6.45) is 7.97. The van der Waals surface area contributed by atoms with E-state index in [1.165, 1.54) is 24.1 Å². The van der Waals surface area contributed by atoms with Gasteiger partial charge in [-0.2, -0.15) is 13.2 Å². The number of amides is 3. The number of imide groups is 1. The van der Waals surface area contributed by atoms with Crippen LogP contribution in [0.3, 0.4) is 0 Å². The molecule has 1 heterocycles. The highest BCUT2D eigenvalue weighted by molar-refractivity contribution is 6.06. The molecule has 3 amide bonds.